The van der Waals surface area contributed by atoms with E-state index in [1.807, 2.05) is 5.32 Å². The highest BCUT2D eigenvalue weighted by molar-refractivity contribution is 5.94. The van der Waals surface area contributed by atoms with E-state index in [9.17, 15) is 14.4 Å². The molecule has 0 spiro atoms. The highest BCUT2D eigenvalue weighted by Crippen LogP contribution is 2.29. The summed E-state index contributed by atoms with van der Waals surface area (Å²) in [4.78, 5) is 32.6. The van der Waals surface area contributed by atoms with Gasteiger partial charge in [-0.25, -0.2) is 4.79 Å². The van der Waals surface area contributed by atoms with Crippen LogP contribution >= 0.6 is 0 Å². The quantitative estimate of drug-likeness (QED) is 0.537. The maximum atomic E-state index is 11.1. The van der Waals surface area contributed by atoms with Crippen molar-refractivity contribution in [3.63, 3.8) is 0 Å². The standard InChI is InChI=1S/C11H19N3O4/c12-11(18)14-9(15)6-13-5-7-3-1-2-4-8(7)10(16)17/h7-8,13H,1-6H2,(H,16,17)(H3,12,14,15,18). The second-order valence-electron chi connectivity index (χ2n) is 4.53. The van der Waals surface area contributed by atoms with Crippen molar-refractivity contribution in [1.82, 2.24) is 10.6 Å². The average Bonchev–Trinajstić information content (AvgIpc) is 2.28. The monoisotopic (exact) mass is 257 g/mol. The summed E-state index contributed by atoms with van der Waals surface area (Å²) in [5, 5.41) is 13.9. The molecule has 3 amide bonds. The molecule has 0 aromatic rings. The summed E-state index contributed by atoms with van der Waals surface area (Å²) in [7, 11) is 0. The number of carboxylic acids is 1. The summed E-state index contributed by atoms with van der Waals surface area (Å²) in [6.45, 7) is 0.426. The fraction of sp³-hybridized carbons (Fsp3) is 0.727. The Morgan fingerprint density at radius 3 is 2.50 bits per heavy atom. The highest BCUT2D eigenvalue weighted by atomic mass is 16.4. The molecule has 7 heteroatoms. The van der Waals surface area contributed by atoms with Crippen LogP contribution in [-0.4, -0.2) is 36.1 Å². The molecule has 18 heavy (non-hydrogen) atoms. The number of hydrogen-bond donors (Lipinski definition) is 4. The number of carbonyl (C=O) groups is 3. The minimum absolute atomic E-state index is 0.0359. The van der Waals surface area contributed by atoms with Gasteiger partial charge in [0.2, 0.25) is 5.91 Å². The van der Waals surface area contributed by atoms with Crippen molar-refractivity contribution in [2.45, 2.75) is 25.7 Å². The van der Waals surface area contributed by atoms with Crippen LogP contribution in [0.1, 0.15) is 25.7 Å². The number of carboxylic acid groups (broad SMARTS) is 1. The summed E-state index contributed by atoms with van der Waals surface area (Å²) in [5.41, 5.74) is 4.79. The molecule has 102 valence electrons. The molecule has 0 heterocycles. The SMILES string of the molecule is NC(=O)NC(=O)CNCC1CCCCC1C(=O)O. The predicted octanol–water partition coefficient (Wildman–Crippen LogP) is -0.338. The third kappa shape index (κ3) is 4.70. The Kier molecular flexibility index (Phi) is 5.57. The molecule has 0 aliphatic heterocycles. The predicted molar refractivity (Wildman–Crippen MR) is 63.7 cm³/mol. The van der Waals surface area contributed by atoms with E-state index >= 15 is 0 Å². The summed E-state index contributed by atoms with van der Waals surface area (Å²) >= 11 is 0. The van der Waals surface area contributed by atoms with Crippen molar-refractivity contribution in [3.8, 4) is 0 Å². The molecule has 2 unspecified atom stereocenters. The first-order valence-corrected chi connectivity index (χ1v) is 6.03. The zero-order valence-corrected chi connectivity index (χ0v) is 10.1. The van der Waals surface area contributed by atoms with E-state index in [2.05, 4.69) is 5.32 Å². The molecule has 1 aliphatic carbocycles. The zero-order valence-electron chi connectivity index (χ0n) is 10.1. The maximum Gasteiger partial charge on any atom is 0.318 e. The normalized spacial score (nSPS) is 23.3. The van der Waals surface area contributed by atoms with Crippen LogP contribution in [0.3, 0.4) is 0 Å². The van der Waals surface area contributed by atoms with E-state index in [1.54, 1.807) is 0 Å². The molecule has 0 radical (unpaired) electrons. The lowest BCUT2D eigenvalue weighted by atomic mass is 9.79. The third-order valence-electron chi connectivity index (χ3n) is 3.18. The van der Waals surface area contributed by atoms with Gasteiger partial charge in [0.1, 0.15) is 0 Å². The van der Waals surface area contributed by atoms with Crippen molar-refractivity contribution in [3.05, 3.63) is 0 Å². The van der Waals surface area contributed by atoms with Crippen LogP contribution < -0.4 is 16.4 Å². The molecule has 0 bridgehead atoms. The zero-order chi connectivity index (χ0) is 13.5. The number of imide groups is 1. The van der Waals surface area contributed by atoms with E-state index in [0.717, 1.165) is 19.3 Å². The van der Waals surface area contributed by atoms with Crippen molar-refractivity contribution in [2.75, 3.05) is 13.1 Å². The maximum absolute atomic E-state index is 11.1. The highest BCUT2D eigenvalue weighted by Gasteiger charge is 2.30. The number of carbonyl (C=O) groups excluding carboxylic acids is 2. The van der Waals surface area contributed by atoms with Crippen LogP contribution in [0.5, 0.6) is 0 Å². The van der Waals surface area contributed by atoms with Gasteiger partial charge >= 0.3 is 12.0 Å². The van der Waals surface area contributed by atoms with Gasteiger partial charge in [0.05, 0.1) is 12.5 Å². The van der Waals surface area contributed by atoms with Crippen LogP contribution in [0.2, 0.25) is 0 Å². The Morgan fingerprint density at radius 1 is 1.22 bits per heavy atom. The van der Waals surface area contributed by atoms with E-state index in [-0.39, 0.29) is 18.4 Å². The van der Waals surface area contributed by atoms with Gasteiger partial charge in [0.25, 0.3) is 0 Å². The molecular weight excluding hydrogens is 238 g/mol. The van der Waals surface area contributed by atoms with E-state index in [0.29, 0.717) is 13.0 Å². The lowest BCUT2D eigenvalue weighted by Gasteiger charge is -2.28. The van der Waals surface area contributed by atoms with E-state index in [1.165, 1.54) is 0 Å². The summed E-state index contributed by atoms with van der Waals surface area (Å²) < 4.78 is 0. The first kappa shape index (κ1) is 14.4. The van der Waals surface area contributed by atoms with Gasteiger partial charge in [0.15, 0.2) is 0 Å². The van der Waals surface area contributed by atoms with Crippen LogP contribution in [0, 0.1) is 11.8 Å². The molecule has 1 saturated carbocycles. The Morgan fingerprint density at radius 2 is 1.89 bits per heavy atom. The number of urea groups is 1. The van der Waals surface area contributed by atoms with Gasteiger partial charge in [-0.05, 0) is 25.3 Å². The van der Waals surface area contributed by atoms with Gasteiger partial charge < -0.3 is 16.2 Å². The number of aliphatic carboxylic acids is 1. The Balaban J connectivity index is 2.30. The third-order valence-corrected chi connectivity index (χ3v) is 3.18. The topological polar surface area (TPSA) is 122 Å². The second-order valence-corrected chi connectivity index (χ2v) is 4.53. The summed E-state index contributed by atoms with van der Waals surface area (Å²) in [6, 6.07) is -0.886. The number of rotatable bonds is 5. The van der Waals surface area contributed by atoms with Crippen LogP contribution in [0.4, 0.5) is 4.79 Å². The Bertz CT molecular complexity index is 332. The summed E-state index contributed by atoms with van der Waals surface area (Å²) in [5.74, 6) is -1.59. The number of hydrogen-bond acceptors (Lipinski definition) is 4. The van der Waals surface area contributed by atoms with Gasteiger partial charge in [-0.15, -0.1) is 0 Å². The fourth-order valence-electron chi connectivity index (χ4n) is 2.33. The van der Waals surface area contributed by atoms with Crippen molar-refractivity contribution in [1.29, 1.82) is 0 Å². The molecule has 5 N–H and O–H groups in total. The van der Waals surface area contributed by atoms with Crippen LogP contribution in [-0.2, 0) is 9.59 Å². The number of nitrogens with two attached hydrogens (primary N) is 1. The number of primary amides is 1. The first-order chi connectivity index (χ1) is 8.50. The number of nitrogens with one attached hydrogen (secondary N) is 2. The molecule has 0 saturated heterocycles. The fourth-order valence-corrected chi connectivity index (χ4v) is 2.33. The van der Waals surface area contributed by atoms with Gasteiger partial charge in [-0.2, -0.15) is 0 Å². The Labute approximate surface area is 105 Å². The minimum atomic E-state index is -0.886. The molecular formula is C11H19N3O4. The molecule has 1 rings (SSSR count). The van der Waals surface area contributed by atoms with E-state index < -0.39 is 17.9 Å². The van der Waals surface area contributed by atoms with Crippen molar-refractivity contribution in [2.24, 2.45) is 17.6 Å². The lowest BCUT2D eigenvalue weighted by molar-refractivity contribution is -0.144. The molecule has 1 fully saturated rings. The molecule has 1 aliphatic rings. The first-order valence-electron chi connectivity index (χ1n) is 6.03. The van der Waals surface area contributed by atoms with Gasteiger partial charge in [0, 0.05) is 0 Å². The molecule has 0 aromatic heterocycles. The molecule has 0 aromatic carbocycles. The molecule has 2 atom stereocenters. The van der Waals surface area contributed by atoms with Gasteiger partial charge in [-0.3, -0.25) is 14.9 Å². The van der Waals surface area contributed by atoms with E-state index in [4.69, 9.17) is 10.8 Å². The van der Waals surface area contributed by atoms with Crippen molar-refractivity contribution >= 4 is 17.9 Å². The number of amides is 3. The average molecular weight is 257 g/mol. The Hall–Kier alpha value is -1.63. The summed E-state index contributed by atoms with van der Waals surface area (Å²) in [6.07, 6.45) is 3.50. The second kappa shape index (κ2) is 6.95. The minimum Gasteiger partial charge on any atom is -0.481 e. The lowest BCUT2D eigenvalue weighted by Crippen LogP contribution is -2.43. The van der Waals surface area contributed by atoms with Crippen molar-refractivity contribution < 1.29 is 19.5 Å². The van der Waals surface area contributed by atoms with Gasteiger partial charge in [-0.1, -0.05) is 12.8 Å². The molecule has 7 nitrogen and oxygen atoms in total. The smallest absolute Gasteiger partial charge is 0.318 e. The largest absolute Gasteiger partial charge is 0.481 e. The van der Waals surface area contributed by atoms with Crippen LogP contribution in [0.25, 0.3) is 0 Å². The van der Waals surface area contributed by atoms with Crippen LogP contribution in [0.15, 0.2) is 0 Å².